The fourth-order valence-electron chi connectivity index (χ4n) is 0.644. The SMILES string of the molecule is Cc1nc(S/C=C/C(=O)O)oc1C. The summed E-state index contributed by atoms with van der Waals surface area (Å²) in [6.45, 7) is 3.65. The van der Waals surface area contributed by atoms with Crippen LogP contribution in [0.5, 0.6) is 0 Å². The van der Waals surface area contributed by atoms with Gasteiger partial charge in [0.1, 0.15) is 5.76 Å². The molecule has 0 aliphatic heterocycles. The second-order valence-electron chi connectivity index (χ2n) is 2.38. The third kappa shape index (κ3) is 2.95. The molecule has 0 saturated carbocycles. The number of hydrogen-bond acceptors (Lipinski definition) is 4. The summed E-state index contributed by atoms with van der Waals surface area (Å²) in [5.74, 6) is -0.223. The highest BCUT2D eigenvalue weighted by Gasteiger charge is 2.03. The average molecular weight is 199 g/mol. The number of nitrogens with zero attached hydrogens (tertiary/aromatic N) is 1. The van der Waals surface area contributed by atoms with Gasteiger partial charge in [0.25, 0.3) is 5.22 Å². The highest BCUT2D eigenvalue weighted by molar-refractivity contribution is 8.01. The van der Waals surface area contributed by atoms with Crippen molar-refractivity contribution in [2.24, 2.45) is 0 Å². The molecule has 0 aliphatic carbocycles. The van der Waals surface area contributed by atoms with Crippen molar-refractivity contribution in [1.82, 2.24) is 4.98 Å². The summed E-state index contributed by atoms with van der Waals surface area (Å²) in [6, 6.07) is 0. The molecule has 0 saturated heterocycles. The molecule has 1 heterocycles. The van der Waals surface area contributed by atoms with Crippen LogP contribution in [0.15, 0.2) is 21.1 Å². The molecule has 0 bridgehead atoms. The Morgan fingerprint density at radius 3 is 2.77 bits per heavy atom. The Balaban J connectivity index is 2.60. The van der Waals surface area contributed by atoms with Crippen LogP contribution in [-0.4, -0.2) is 16.1 Å². The largest absolute Gasteiger partial charge is 0.478 e. The van der Waals surface area contributed by atoms with Crippen LogP contribution >= 0.6 is 11.8 Å². The van der Waals surface area contributed by atoms with E-state index in [9.17, 15) is 4.79 Å². The third-order valence-electron chi connectivity index (χ3n) is 1.39. The second-order valence-corrected chi connectivity index (χ2v) is 3.24. The molecule has 13 heavy (non-hydrogen) atoms. The normalized spacial score (nSPS) is 10.9. The molecule has 1 aromatic rings. The molecule has 0 unspecified atom stereocenters. The van der Waals surface area contributed by atoms with Gasteiger partial charge in [0, 0.05) is 6.08 Å². The summed E-state index contributed by atoms with van der Waals surface area (Å²) >= 11 is 1.14. The second kappa shape index (κ2) is 4.13. The third-order valence-corrected chi connectivity index (χ3v) is 2.04. The van der Waals surface area contributed by atoms with Crippen molar-refractivity contribution in [1.29, 1.82) is 0 Å². The van der Waals surface area contributed by atoms with Crippen molar-refractivity contribution in [3.63, 3.8) is 0 Å². The van der Waals surface area contributed by atoms with E-state index in [2.05, 4.69) is 4.98 Å². The summed E-state index contributed by atoms with van der Waals surface area (Å²) in [4.78, 5) is 14.2. The summed E-state index contributed by atoms with van der Waals surface area (Å²) in [6.07, 6.45) is 1.04. The van der Waals surface area contributed by atoms with Crippen LogP contribution in [-0.2, 0) is 4.79 Å². The van der Waals surface area contributed by atoms with Crippen molar-refractivity contribution < 1.29 is 14.3 Å². The molecule has 0 aliphatic rings. The van der Waals surface area contributed by atoms with Crippen molar-refractivity contribution in [3.8, 4) is 0 Å². The molecular weight excluding hydrogens is 190 g/mol. The lowest BCUT2D eigenvalue weighted by Gasteiger charge is -1.83. The molecular formula is C8H9NO3S. The first-order chi connectivity index (χ1) is 6.09. The highest BCUT2D eigenvalue weighted by Crippen LogP contribution is 2.20. The van der Waals surface area contributed by atoms with Crippen molar-refractivity contribution in [2.45, 2.75) is 19.1 Å². The van der Waals surface area contributed by atoms with Crippen LogP contribution < -0.4 is 0 Å². The number of thioether (sulfide) groups is 1. The Hall–Kier alpha value is -1.23. The smallest absolute Gasteiger partial charge is 0.328 e. The lowest BCUT2D eigenvalue weighted by Crippen LogP contribution is -1.84. The molecule has 5 heteroatoms. The Morgan fingerprint density at radius 2 is 2.31 bits per heavy atom. The molecule has 4 nitrogen and oxygen atoms in total. The topological polar surface area (TPSA) is 63.3 Å². The molecule has 70 valence electrons. The fourth-order valence-corrected chi connectivity index (χ4v) is 1.31. The molecule has 1 N–H and O–H groups in total. The monoisotopic (exact) mass is 199 g/mol. The van der Waals surface area contributed by atoms with Gasteiger partial charge in [-0.1, -0.05) is 0 Å². The lowest BCUT2D eigenvalue weighted by molar-refractivity contribution is -0.131. The van der Waals surface area contributed by atoms with Crippen LogP contribution in [0.4, 0.5) is 0 Å². The van der Waals surface area contributed by atoms with Crippen molar-refractivity contribution in [2.75, 3.05) is 0 Å². The number of hydrogen-bond donors (Lipinski definition) is 1. The van der Waals surface area contributed by atoms with Gasteiger partial charge in [0.15, 0.2) is 0 Å². The summed E-state index contributed by atoms with van der Waals surface area (Å²) in [5.41, 5.74) is 0.825. The maximum Gasteiger partial charge on any atom is 0.328 e. The van der Waals surface area contributed by atoms with E-state index in [-0.39, 0.29) is 0 Å². The predicted molar refractivity (Wildman–Crippen MR) is 48.6 cm³/mol. The zero-order chi connectivity index (χ0) is 9.84. The zero-order valence-corrected chi connectivity index (χ0v) is 8.09. The quantitative estimate of drug-likeness (QED) is 0.595. The van der Waals surface area contributed by atoms with Gasteiger partial charge in [-0.25, -0.2) is 9.78 Å². The minimum atomic E-state index is -0.979. The van der Waals surface area contributed by atoms with Gasteiger partial charge in [0.2, 0.25) is 0 Å². The standard InChI is InChI=1S/C8H9NO3S/c1-5-6(2)12-8(9-5)13-4-3-7(10)11/h3-4H,1-2H3,(H,10,11)/b4-3+. The molecule has 0 spiro atoms. The van der Waals surface area contributed by atoms with E-state index in [1.54, 1.807) is 0 Å². The van der Waals surface area contributed by atoms with Crippen LogP contribution in [0.2, 0.25) is 0 Å². The van der Waals surface area contributed by atoms with Crippen LogP contribution in [0, 0.1) is 13.8 Å². The Morgan fingerprint density at radius 1 is 1.62 bits per heavy atom. The van der Waals surface area contributed by atoms with Crippen LogP contribution in [0.3, 0.4) is 0 Å². The molecule has 1 aromatic heterocycles. The van der Waals surface area contributed by atoms with Gasteiger partial charge in [-0.3, -0.25) is 0 Å². The van der Waals surface area contributed by atoms with Crippen LogP contribution in [0.1, 0.15) is 11.5 Å². The van der Waals surface area contributed by atoms with E-state index in [0.717, 1.165) is 29.3 Å². The molecule has 0 aromatic carbocycles. The lowest BCUT2D eigenvalue weighted by atomic mass is 10.4. The number of rotatable bonds is 3. The minimum absolute atomic E-state index is 0.465. The van der Waals surface area contributed by atoms with E-state index in [1.165, 1.54) is 5.41 Å². The minimum Gasteiger partial charge on any atom is -0.478 e. The average Bonchev–Trinajstić information content (AvgIpc) is 2.30. The first-order valence-electron chi connectivity index (χ1n) is 3.60. The van der Waals surface area contributed by atoms with E-state index >= 15 is 0 Å². The van der Waals surface area contributed by atoms with Gasteiger partial charge in [-0.2, -0.15) is 0 Å². The van der Waals surface area contributed by atoms with Gasteiger partial charge in [-0.15, -0.1) is 0 Å². The van der Waals surface area contributed by atoms with Gasteiger partial charge >= 0.3 is 5.97 Å². The molecule has 0 radical (unpaired) electrons. The maximum atomic E-state index is 10.1. The Kier molecular flexibility index (Phi) is 3.13. The van der Waals surface area contributed by atoms with E-state index in [0.29, 0.717) is 5.22 Å². The van der Waals surface area contributed by atoms with Gasteiger partial charge in [0.05, 0.1) is 5.69 Å². The number of oxazole rings is 1. The Bertz CT molecular complexity index is 324. The van der Waals surface area contributed by atoms with Gasteiger partial charge < -0.3 is 9.52 Å². The number of carboxylic acids is 1. The summed E-state index contributed by atoms with van der Waals surface area (Å²) in [5, 5.41) is 10.2. The van der Waals surface area contributed by atoms with E-state index in [4.69, 9.17) is 9.52 Å². The summed E-state index contributed by atoms with van der Waals surface area (Å²) in [7, 11) is 0. The number of aromatic nitrogens is 1. The number of carbonyl (C=O) groups is 1. The first kappa shape index (κ1) is 9.85. The maximum absolute atomic E-state index is 10.1. The number of aryl methyl sites for hydroxylation is 2. The van der Waals surface area contributed by atoms with Crippen molar-refractivity contribution in [3.05, 3.63) is 22.9 Å². The predicted octanol–water partition coefficient (Wildman–Crippen LogP) is 1.98. The fraction of sp³-hybridized carbons (Fsp3) is 0.250. The van der Waals surface area contributed by atoms with E-state index < -0.39 is 5.97 Å². The first-order valence-corrected chi connectivity index (χ1v) is 4.47. The number of carboxylic acid groups (broad SMARTS) is 1. The van der Waals surface area contributed by atoms with Crippen molar-refractivity contribution >= 4 is 17.7 Å². The number of aliphatic carboxylic acids is 1. The highest BCUT2D eigenvalue weighted by atomic mass is 32.2. The molecule has 0 fully saturated rings. The zero-order valence-electron chi connectivity index (χ0n) is 7.27. The van der Waals surface area contributed by atoms with Crippen LogP contribution in [0.25, 0.3) is 0 Å². The van der Waals surface area contributed by atoms with Gasteiger partial charge in [-0.05, 0) is 31.0 Å². The molecule has 1 rings (SSSR count). The molecule has 0 amide bonds. The molecule has 0 atom stereocenters. The Labute approximate surface area is 79.7 Å². The van der Waals surface area contributed by atoms with E-state index in [1.807, 2.05) is 13.8 Å². The summed E-state index contributed by atoms with van der Waals surface area (Å²) < 4.78 is 5.20.